The number of ketones is 1. The summed E-state index contributed by atoms with van der Waals surface area (Å²) in [5.74, 6) is -0.0998. The minimum atomic E-state index is -0.123. The van der Waals surface area contributed by atoms with Gasteiger partial charge in [0, 0.05) is 22.3 Å². The molecule has 120 valence electrons. The molecule has 4 heteroatoms. The standard InChI is InChI=1S/C20H18N2O2/c1-14(23)15-9-11-17(12-10-15)21-13-20(24)22-19-8-4-6-16-5-2-3-7-18(16)19/h2-12,21H,13H2,1H3,(H,22,24). The average molecular weight is 318 g/mol. The van der Waals surface area contributed by atoms with E-state index in [1.807, 2.05) is 42.5 Å². The summed E-state index contributed by atoms with van der Waals surface area (Å²) in [6.07, 6.45) is 0. The van der Waals surface area contributed by atoms with Crippen molar-refractivity contribution in [1.82, 2.24) is 0 Å². The second kappa shape index (κ2) is 6.96. The average Bonchev–Trinajstić information content (AvgIpc) is 2.61. The summed E-state index contributed by atoms with van der Waals surface area (Å²) in [5.41, 5.74) is 2.25. The van der Waals surface area contributed by atoms with Crippen LogP contribution in [0.25, 0.3) is 10.8 Å². The van der Waals surface area contributed by atoms with Gasteiger partial charge in [-0.3, -0.25) is 9.59 Å². The number of carbonyl (C=O) groups is 2. The van der Waals surface area contributed by atoms with Gasteiger partial charge in [-0.25, -0.2) is 0 Å². The van der Waals surface area contributed by atoms with Crippen LogP contribution in [0.5, 0.6) is 0 Å². The molecule has 4 nitrogen and oxygen atoms in total. The first kappa shape index (κ1) is 15.7. The molecule has 1 amide bonds. The van der Waals surface area contributed by atoms with E-state index in [1.54, 1.807) is 24.3 Å². The molecule has 0 heterocycles. The monoisotopic (exact) mass is 318 g/mol. The molecule has 0 aromatic heterocycles. The van der Waals surface area contributed by atoms with Crippen LogP contribution >= 0.6 is 0 Å². The lowest BCUT2D eigenvalue weighted by atomic mass is 10.1. The van der Waals surface area contributed by atoms with Crippen molar-refractivity contribution < 1.29 is 9.59 Å². The molecule has 3 aromatic rings. The summed E-state index contributed by atoms with van der Waals surface area (Å²) < 4.78 is 0. The van der Waals surface area contributed by atoms with Gasteiger partial charge in [0.2, 0.25) is 5.91 Å². The minimum Gasteiger partial charge on any atom is -0.376 e. The topological polar surface area (TPSA) is 58.2 Å². The zero-order valence-electron chi connectivity index (χ0n) is 13.4. The van der Waals surface area contributed by atoms with E-state index in [0.29, 0.717) is 5.56 Å². The predicted molar refractivity (Wildman–Crippen MR) is 97.5 cm³/mol. The van der Waals surface area contributed by atoms with Gasteiger partial charge in [0.1, 0.15) is 0 Å². The molecule has 0 aliphatic carbocycles. The summed E-state index contributed by atoms with van der Waals surface area (Å²) in [4.78, 5) is 23.4. The fraction of sp³-hybridized carbons (Fsp3) is 0.100. The van der Waals surface area contributed by atoms with E-state index >= 15 is 0 Å². The Morgan fingerprint density at radius 2 is 1.58 bits per heavy atom. The number of benzene rings is 3. The summed E-state index contributed by atoms with van der Waals surface area (Å²) in [7, 11) is 0. The highest BCUT2D eigenvalue weighted by Crippen LogP contribution is 2.22. The van der Waals surface area contributed by atoms with Crippen molar-refractivity contribution in [3.63, 3.8) is 0 Å². The molecule has 0 radical (unpaired) electrons. The zero-order chi connectivity index (χ0) is 16.9. The van der Waals surface area contributed by atoms with Gasteiger partial charge in [-0.05, 0) is 42.6 Å². The minimum absolute atomic E-state index is 0.0234. The van der Waals surface area contributed by atoms with Gasteiger partial charge in [0.25, 0.3) is 0 Å². The molecular formula is C20H18N2O2. The highest BCUT2D eigenvalue weighted by molar-refractivity contribution is 6.03. The SMILES string of the molecule is CC(=O)c1ccc(NCC(=O)Nc2cccc3ccccc23)cc1. The lowest BCUT2D eigenvalue weighted by molar-refractivity contribution is -0.114. The number of Topliss-reactive ketones (excluding diaryl/α,β-unsaturated/α-hetero) is 1. The molecule has 0 atom stereocenters. The van der Waals surface area contributed by atoms with E-state index in [2.05, 4.69) is 10.6 Å². The summed E-state index contributed by atoms with van der Waals surface area (Å²) in [6.45, 7) is 1.68. The Bertz CT molecular complexity index is 880. The van der Waals surface area contributed by atoms with Gasteiger partial charge in [-0.2, -0.15) is 0 Å². The van der Waals surface area contributed by atoms with Gasteiger partial charge in [-0.15, -0.1) is 0 Å². The molecule has 24 heavy (non-hydrogen) atoms. The van der Waals surface area contributed by atoms with Crippen molar-refractivity contribution in [3.05, 3.63) is 72.3 Å². The quantitative estimate of drug-likeness (QED) is 0.697. The number of hydrogen-bond donors (Lipinski definition) is 2. The normalized spacial score (nSPS) is 10.4. The largest absolute Gasteiger partial charge is 0.376 e. The summed E-state index contributed by atoms with van der Waals surface area (Å²) in [5, 5.41) is 8.08. The molecule has 0 bridgehead atoms. The van der Waals surface area contributed by atoms with Crippen LogP contribution in [-0.2, 0) is 4.79 Å². The van der Waals surface area contributed by atoms with Crippen LogP contribution in [0.3, 0.4) is 0 Å². The second-order valence-corrected chi connectivity index (χ2v) is 5.56. The molecule has 2 N–H and O–H groups in total. The Morgan fingerprint density at radius 1 is 0.875 bits per heavy atom. The van der Waals surface area contributed by atoms with Crippen LogP contribution in [0.2, 0.25) is 0 Å². The van der Waals surface area contributed by atoms with E-state index < -0.39 is 0 Å². The third kappa shape index (κ3) is 3.60. The van der Waals surface area contributed by atoms with Crippen molar-refractivity contribution in [3.8, 4) is 0 Å². The van der Waals surface area contributed by atoms with Gasteiger partial charge in [-0.1, -0.05) is 36.4 Å². The zero-order valence-corrected chi connectivity index (χ0v) is 13.4. The van der Waals surface area contributed by atoms with E-state index in [4.69, 9.17) is 0 Å². The van der Waals surface area contributed by atoms with Crippen molar-refractivity contribution in [1.29, 1.82) is 0 Å². The van der Waals surface area contributed by atoms with Gasteiger partial charge >= 0.3 is 0 Å². The Kier molecular flexibility index (Phi) is 4.57. The highest BCUT2D eigenvalue weighted by Gasteiger charge is 2.06. The Labute approximate surface area is 140 Å². The van der Waals surface area contributed by atoms with Crippen molar-refractivity contribution in [2.24, 2.45) is 0 Å². The first-order valence-corrected chi connectivity index (χ1v) is 7.76. The number of nitrogens with one attached hydrogen (secondary N) is 2. The molecule has 0 aliphatic heterocycles. The van der Waals surface area contributed by atoms with Crippen molar-refractivity contribution >= 4 is 33.8 Å². The van der Waals surface area contributed by atoms with Crippen LogP contribution in [0.1, 0.15) is 17.3 Å². The first-order valence-electron chi connectivity index (χ1n) is 7.76. The Morgan fingerprint density at radius 3 is 2.33 bits per heavy atom. The van der Waals surface area contributed by atoms with Crippen LogP contribution in [0, 0.1) is 0 Å². The van der Waals surface area contributed by atoms with Crippen molar-refractivity contribution in [2.45, 2.75) is 6.92 Å². The molecule has 0 unspecified atom stereocenters. The first-order chi connectivity index (χ1) is 11.6. The molecule has 0 saturated carbocycles. The van der Waals surface area contributed by atoms with E-state index in [9.17, 15) is 9.59 Å². The Hall–Kier alpha value is -3.14. The number of hydrogen-bond acceptors (Lipinski definition) is 3. The molecular weight excluding hydrogens is 300 g/mol. The van der Waals surface area contributed by atoms with Crippen LogP contribution < -0.4 is 10.6 Å². The van der Waals surface area contributed by atoms with E-state index in [-0.39, 0.29) is 18.2 Å². The number of rotatable bonds is 5. The molecule has 0 fully saturated rings. The molecule has 3 rings (SSSR count). The van der Waals surface area contributed by atoms with Gasteiger partial charge in [0.15, 0.2) is 5.78 Å². The number of anilines is 2. The van der Waals surface area contributed by atoms with Crippen LogP contribution in [0.4, 0.5) is 11.4 Å². The molecule has 0 spiro atoms. The maximum atomic E-state index is 12.2. The third-order valence-corrected chi connectivity index (χ3v) is 3.81. The maximum absolute atomic E-state index is 12.2. The van der Waals surface area contributed by atoms with Crippen LogP contribution in [0.15, 0.2) is 66.7 Å². The molecule has 3 aromatic carbocycles. The Balaban J connectivity index is 1.64. The van der Waals surface area contributed by atoms with Gasteiger partial charge < -0.3 is 10.6 Å². The van der Waals surface area contributed by atoms with E-state index in [1.165, 1.54) is 6.92 Å². The fourth-order valence-corrected chi connectivity index (χ4v) is 2.53. The third-order valence-electron chi connectivity index (χ3n) is 3.81. The molecule has 0 aliphatic rings. The smallest absolute Gasteiger partial charge is 0.243 e. The lowest BCUT2D eigenvalue weighted by Gasteiger charge is -2.10. The van der Waals surface area contributed by atoms with Crippen LogP contribution in [-0.4, -0.2) is 18.2 Å². The summed E-state index contributed by atoms with van der Waals surface area (Å²) >= 11 is 0. The maximum Gasteiger partial charge on any atom is 0.243 e. The number of amides is 1. The number of carbonyl (C=O) groups excluding carboxylic acids is 2. The van der Waals surface area contributed by atoms with Gasteiger partial charge in [0.05, 0.1) is 6.54 Å². The van der Waals surface area contributed by atoms with E-state index in [0.717, 1.165) is 22.1 Å². The second-order valence-electron chi connectivity index (χ2n) is 5.56. The lowest BCUT2D eigenvalue weighted by Crippen LogP contribution is -2.21. The predicted octanol–water partition coefficient (Wildman–Crippen LogP) is 4.09. The highest BCUT2D eigenvalue weighted by atomic mass is 16.2. The summed E-state index contributed by atoms with van der Waals surface area (Å²) in [6, 6.07) is 20.8. The molecule has 0 saturated heterocycles. The van der Waals surface area contributed by atoms with Crippen molar-refractivity contribution in [2.75, 3.05) is 17.2 Å². The fourth-order valence-electron chi connectivity index (χ4n) is 2.53. The number of fused-ring (bicyclic) bond motifs is 1.